The van der Waals surface area contributed by atoms with Crippen LogP contribution in [0.5, 0.6) is 17.2 Å². The first-order valence-corrected chi connectivity index (χ1v) is 8.60. The summed E-state index contributed by atoms with van der Waals surface area (Å²) in [6.07, 6.45) is 5.23. The molecule has 5 nitrogen and oxygen atoms in total. The fourth-order valence-electron chi connectivity index (χ4n) is 2.33. The van der Waals surface area contributed by atoms with E-state index in [-0.39, 0.29) is 5.91 Å². The van der Waals surface area contributed by atoms with Crippen LogP contribution in [0.1, 0.15) is 25.3 Å². The van der Waals surface area contributed by atoms with Gasteiger partial charge in [-0.1, -0.05) is 31.5 Å². The zero-order valence-corrected chi connectivity index (χ0v) is 15.5. The molecular formula is C21H25NO4. The maximum Gasteiger partial charge on any atom is 0.248 e. The van der Waals surface area contributed by atoms with Gasteiger partial charge in [0.25, 0.3) is 0 Å². The lowest BCUT2D eigenvalue weighted by molar-refractivity contribution is -0.111. The number of benzene rings is 2. The number of carbonyl (C=O) groups is 1. The zero-order valence-electron chi connectivity index (χ0n) is 15.5. The second-order valence-electron chi connectivity index (χ2n) is 5.64. The van der Waals surface area contributed by atoms with Crippen molar-refractivity contribution < 1.29 is 19.0 Å². The van der Waals surface area contributed by atoms with E-state index in [2.05, 4.69) is 12.2 Å². The second kappa shape index (κ2) is 10.1. The average Bonchev–Trinajstić information content (AvgIpc) is 2.67. The van der Waals surface area contributed by atoms with Gasteiger partial charge in [0.1, 0.15) is 5.75 Å². The van der Waals surface area contributed by atoms with Gasteiger partial charge in [-0.05, 0) is 42.3 Å². The number of hydrogen-bond donors (Lipinski definition) is 1. The van der Waals surface area contributed by atoms with Crippen molar-refractivity contribution in [1.82, 2.24) is 0 Å². The number of methoxy groups -OCH3 is 2. The molecule has 26 heavy (non-hydrogen) atoms. The maximum absolute atomic E-state index is 12.2. The van der Waals surface area contributed by atoms with E-state index in [1.807, 2.05) is 36.4 Å². The second-order valence-corrected chi connectivity index (χ2v) is 5.64. The summed E-state index contributed by atoms with van der Waals surface area (Å²) in [7, 11) is 3.16. The molecule has 0 aliphatic rings. The molecule has 2 aromatic rings. The Morgan fingerprint density at radius 3 is 2.54 bits per heavy atom. The minimum absolute atomic E-state index is 0.230. The molecular weight excluding hydrogens is 330 g/mol. The van der Waals surface area contributed by atoms with E-state index in [1.54, 1.807) is 26.4 Å². The lowest BCUT2D eigenvalue weighted by atomic mass is 10.2. The van der Waals surface area contributed by atoms with Crippen molar-refractivity contribution in [2.24, 2.45) is 0 Å². The first kappa shape index (κ1) is 19.4. The first-order valence-electron chi connectivity index (χ1n) is 8.60. The van der Waals surface area contributed by atoms with Crippen LogP contribution < -0.4 is 19.5 Å². The molecule has 5 heteroatoms. The van der Waals surface area contributed by atoms with E-state index in [0.29, 0.717) is 29.5 Å². The van der Waals surface area contributed by atoms with Crippen LogP contribution in [0, 0.1) is 0 Å². The first-order chi connectivity index (χ1) is 12.7. The van der Waals surface area contributed by atoms with Gasteiger partial charge in [-0.2, -0.15) is 0 Å². The molecule has 0 radical (unpaired) electrons. The van der Waals surface area contributed by atoms with Gasteiger partial charge in [-0.15, -0.1) is 0 Å². The lowest BCUT2D eigenvalue weighted by Crippen LogP contribution is -2.09. The summed E-state index contributed by atoms with van der Waals surface area (Å²) in [5.41, 5.74) is 1.50. The fraction of sp³-hybridized carbons (Fsp3) is 0.286. The molecule has 0 saturated carbocycles. The van der Waals surface area contributed by atoms with Crippen LogP contribution in [-0.2, 0) is 4.79 Å². The third kappa shape index (κ3) is 5.55. The van der Waals surface area contributed by atoms with E-state index in [9.17, 15) is 4.79 Å². The van der Waals surface area contributed by atoms with Crippen LogP contribution in [0.3, 0.4) is 0 Å². The van der Waals surface area contributed by atoms with Crippen LogP contribution in [0.4, 0.5) is 5.69 Å². The predicted octanol–water partition coefficient (Wildman–Crippen LogP) is 4.53. The molecule has 0 aliphatic carbocycles. The smallest absolute Gasteiger partial charge is 0.248 e. The minimum atomic E-state index is -0.230. The molecule has 0 atom stereocenters. The van der Waals surface area contributed by atoms with Gasteiger partial charge in [0, 0.05) is 6.08 Å². The number of carbonyl (C=O) groups excluding carboxylic acids is 1. The summed E-state index contributed by atoms with van der Waals surface area (Å²) in [5.74, 6) is 1.71. The van der Waals surface area contributed by atoms with Crippen molar-refractivity contribution >= 4 is 17.7 Å². The third-order valence-corrected chi connectivity index (χ3v) is 3.74. The Kier molecular flexibility index (Phi) is 7.55. The van der Waals surface area contributed by atoms with Crippen molar-refractivity contribution in [1.29, 1.82) is 0 Å². The normalized spacial score (nSPS) is 10.6. The van der Waals surface area contributed by atoms with Crippen LogP contribution >= 0.6 is 0 Å². The highest BCUT2D eigenvalue weighted by molar-refractivity contribution is 6.02. The Hall–Kier alpha value is -2.95. The predicted molar refractivity (Wildman–Crippen MR) is 104 cm³/mol. The van der Waals surface area contributed by atoms with Crippen molar-refractivity contribution in [3.8, 4) is 17.2 Å². The minimum Gasteiger partial charge on any atom is -0.493 e. The molecule has 0 spiro atoms. The largest absolute Gasteiger partial charge is 0.493 e. The van der Waals surface area contributed by atoms with Gasteiger partial charge < -0.3 is 19.5 Å². The monoisotopic (exact) mass is 355 g/mol. The average molecular weight is 355 g/mol. The lowest BCUT2D eigenvalue weighted by Gasteiger charge is -2.11. The summed E-state index contributed by atoms with van der Waals surface area (Å²) in [5, 5.41) is 2.85. The number of ether oxygens (including phenoxy) is 3. The highest BCUT2D eigenvalue weighted by atomic mass is 16.5. The molecule has 1 N–H and O–H groups in total. The van der Waals surface area contributed by atoms with Gasteiger partial charge in [0.05, 0.1) is 26.5 Å². The standard InChI is InChI=1S/C21H25NO4/c1-4-5-14-26-18-9-7-6-8-17(18)22-21(23)13-11-16-10-12-19(24-2)20(15-16)25-3/h6-13,15H,4-5,14H2,1-3H3,(H,22,23). The number of rotatable bonds is 9. The van der Waals surface area contributed by atoms with Crippen LogP contribution in [0.2, 0.25) is 0 Å². The van der Waals surface area contributed by atoms with Crippen molar-refractivity contribution in [3.05, 3.63) is 54.1 Å². The van der Waals surface area contributed by atoms with Gasteiger partial charge >= 0.3 is 0 Å². The summed E-state index contributed by atoms with van der Waals surface area (Å²) in [6.45, 7) is 2.74. The van der Waals surface area contributed by atoms with E-state index in [4.69, 9.17) is 14.2 Å². The Labute approximate surface area is 154 Å². The SMILES string of the molecule is CCCCOc1ccccc1NC(=O)C=Cc1ccc(OC)c(OC)c1. The molecule has 2 rings (SSSR count). The molecule has 0 aromatic heterocycles. The summed E-state index contributed by atoms with van der Waals surface area (Å²) < 4.78 is 16.2. The highest BCUT2D eigenvalue weighted by Gasteiger charge is 2.06. The number of nitrogens with one attached hydrogen (secondary N) is 1. The molecule has 0 aliphatic heterocycles. The number of amides is 1. The number of unbranched alkanes of at least 4 members (excludes halogenated alkanes) is 1. The van der Waals surface area contributed by atoms with Crippen molar-refractivity contribution in [2.45, 2.75) is 19.8 Å². The fourth-order valence-corrected chi connectivity index (χ4v) is 2.33. The number of para-hydroxylation sites is 2. The molecule has 1 amide bonds. The summed E-state index contributed by atoms with van der Waals surface area (Å²) in [6, 6.07) is 12.9. The van der Waals surface area contributed by atoms with Crippen molar-refractivity contribution in [2.75, 3.05) is 26.1 Å². The quantitative estimate of drug-likeness (QED) is 0.530. The number of anilines is 1. The number of hydrogen-bond acceptors (Lipinski definition) is 4. The highest BCUT2D eigenvalue weighted by Crippen LogP contribution is 2.28. The van der Waals surface area contributed by atoms with E-state index in [0.717, 1.165) is 18.4 Å². The third-order valence-electron chi connectivity index (χ3n) is 3.74. The van der Waals surface area contributed by atoms with E-state index < -0.39 is 0 Å². The Balaban J connectivity index is 2.03. The van der Waals surface area contributed by atoms with E-state index in [1.165, 1.54) is 6.08 Å². The molecule has 138 valence electrons. The Bertz CT molecular complexity index is 755. The molecule has 0 heterocycles. The van der Waals surface area contributed by atoms with Gasteiger partial charge in [0.15, 0.2) is 11.5 Å². The zero-order chi connectivity index (χ0) is 18.8. The van der Waals surface area contributed by atoms with Crippen LogP contribution in [-0.4, -0.2) is 26.7 Å². The molecule has 0 fully saturated rings. The van der Waals surface area contributed by atoms with Gasteiger partial charge in [-0.3, -0.25) is 4.79 Å². The van der Waals surface area contributed by atoms with E-state index >= 15 is 0 Å². The summed E-state index contributed by atoms with van der Waals surface area (Å²) >= 11 is 0. The van der Waals surface area contributed by atoms with Gasteiger partial charge in [0.2, 0.25) is 5.91 Å². The Morgan fingerprint density at radius 2 is 1.81 bits per heavy atom. The van der Waals surface area contributed by atoms with Crippen LogP contribution in [0.25, 0.3) is 6.08 Å². The van der Waals surface area contributed by atoms with Gasteiger partial charge in [-0.25, -0.2) is 0 Å². The molecule has 2 aromatic carbocycles. The Morgan fingerprint density at radius 1 is 1.04 bits per heavy atom. The maximum atomic E-state index is 12.2. The summed E-state index contributed by atoms with van der Waals surface area (Å²) in [4.78, 5) is 12.2. The van der Waals surface area contributed by atoms with Crippen LogP contribution in [0.15, 0.2) is 48.5 Å². The molecule has 0 unspecified atom stereocenters. The molecule has 0 saturated heterocycles. The topological polar surface area (TPSA) is 56.8 Å². The molecule has 0 bridgehead atoms. The van der Waals surface area contributed by atoms with Crippen molar-refractivity contribution in [3.63, 3.8) is 0 Å².